The van der Waals surface area contributed by atoms with E-state index in [0.29, 0.717) is 0 Å². The summed E-state index contributed by atoms with van der Waals surface area (Å²) in [5.41, 5.74) is 8.48. The van der Waals surface area contributed by atoms with Crippen LogP contribution in [0.25, 0.3) is 0 Å². The van der Waals surface area contributed by atoms with Crippen LogP contribution in [0.2, 0.25) is 0 Å². The lowest BCUT2D eigenvalue weighted by Crippen LogP contribution is -2.42. The first-order valence-electron chi connectivity index (χ1n) is 7.11. The van der Waals surface area contributed by atoms with Gasteiger partial charge in [-0.05, 0) is 36.8 Å². The molecule has 19 heavy (non-hydrogen) atoms. The van der Waals surface area contributed by atoms with Crippen LogP contribution >= 0.6 is 0 Å². The first kappa shape index (κ1) is 12.6. The van der Waals surface area contributed by atoms with Crippen molar-refractivity contribution in [3.8, 4) is 0 Å². The Morgan fingerprint density at radius 1 is 1.37 bits per heavy atom. The lowest BCUT2D eigenvalue weighted by molar-refractivity contribution is -0.123. The Labute approximate surface area is 113 Å². The molecule has 4 nitrogen and oxygen atoms in total. The van der Waals surface area contributed by atoms with Gasteiger partial charge >= 0.3 is 0 Å². The summed E-state index contributed by atoms with van der Waals surface area (Å²) in [5.74, 6) is 0.0923. The van der Waals surface area contributed by atoms with Gasteiger partial charge in [-0.3, -0.25) is 4.79 Å². The minimum Gasteiger partial charge on any atom is -0.348 e. The molecular weight excluding hydrogens is 238 g/mol. The predicted octanol–water partition coefficient (Wildman–Crippen LogP) is 0.869. The van der Waals surface area contributed by atoms with Crippen LogP contribution in [0.4, 0.5) is 0 Å². The number of fused-ring (bicyclic) bond motifs is 1. The fraction of sp³-hybridized carbons (Fsp3) is 0.533. The van der Waals surface area contributed by atoms with Crippen molar-refractivity contribution >= 4 is 5.91 Å². The highest BCUT2D eigenvalue weighted by molar-refractivity contribution is 5.82. The molecule has 0 unspecified atom stereocenters. The third kappa shape index (κ3) is 2.65. The number of rotatable bonds is 2. The summed E-state index contributed by atoms with van der Waals surface area (Å²) >= 11 is 0. The normalized spacial score (nSPS) is 29.8. The van der Waals surface area contributed by atoms with Crippen molar-refractivity contribution in [1.29, 1.82) is 0 Å². The van der Waals surface area contributed by atoms with E-state index in [1.165, 1.54) is 11.1 Å². The molecule has 102 valence electrons. The van der Waals surface area contributed by atoms with Crippen LogP contribution in [-0.4, -0.2) is 24.5 Å². The molecule has 1 saturated heterocycles. The maximum Gasteiger partial charge on any atom is 0.237 e. The van der Waals surface area contributed by atoms with Gasteiger partial charge in [0.15, 0.2) is 0 Å². The number of benzene rings is 1. The van der Waals surface area contributed by atoms with Crippen molar-refractivity contribution in [1.82, 2.24) is 10.6 Å². The van der Waals surface area contributed by atoms with Crippen molar-refractivity contribution in [2.24, 2.45) is 5.73 Å². The molecule has 1 heterocycles. The monoisotopic (exact) mass is 259 g/mol. The first-order chi connectivity index (χ1) is 9.24. The van der Waals surface area contributed by atoms with Crippen LogP contribution in [0.5, 0.6) is 0 Å². The van der Waals surface area contributed by atoms with Crippen LogP contribution in [0.15, 0.2) is 24.3 Å². The molecule has 4 heteroatoms. The van der Waals surface area contributed by atoms with Crippen LogP contribution in [-0.2, 0) is 11.2 Å². The minimum atomic E-state index is -0.121. The highest BCUT2D eigenvalue weighted by atomic mass is 16.2. The van der Waals surface area contributed by atoms with Gasteiger partial charge in [0.05, 0.1) is 12.1 Å². The second-order valence-electron chi connectivity index (χ2n) is 5.61. The maximum absolute atomic E-state index is 12.2. The molecule has 4 N–H and O–H groups in total. The van der Waals surface area contributed by atoms with Crippen molar-refractivity contribution < 1.29 is 4.79 Å². The molecule has 1 aromatic rings. The van der Waals surface area contributed by atoms with Crippen molar-refractivity contribution in [3.05, 3.63) is 35.4 Å². The van der Waals surface area contributed by atoms with E-state index in [1.807, 2.05) is 6.07 Å². The highest BCUT2D eigenvalue weighted by Gasteiger charge is 2.29. The van der Waals surface area contributed by atoms with Gasteiger partial charge < -0.3 is 16.4 Å². The highest BCUT2D eigenvalue weighted by Crippen LogP contribution is 2.29. The van der Waals surface area contributed by atoms with E-state index in [-0.39, 0.29) is 24.0 Å². The second kappa shape index (κ2) is 5.31. The van der Waals surface area contributed by atoms with Gasteiger partial charge in [-0.15, -0.1) is 0 Å². The lowest BCUT2D eigenvalue weighted by atomic mass is 9.87. The topological polar surface area (TPSA) is 67.1 Å². The number of amides is 1. The molecule has 1 aliphatic carbocycles. The van der Waals surface area contributed by atoms with Gasteiger partial charge in [-0.2, -0.15) is 0 Å². The SMILES string of the molecule is N[C@@H]1CN[C@H](C(=O)N[C@@H]2CCCc3ccccc32)C1. The van der Waals surface area contributed by atoms with E-state index in [0.717, 1.165) is 32.2 Å². The number of carbonyl (C=O) groups is 1. The van der Waals surface area contributed by atoms with Gasteiger partial charge in [0.25, 0.3) is 0 Å². The quantitative estimate of drug-likeness (QED) is 0.738. The Kier molecular flexibility index (Phi) is 3.53. The number of carbonyl (C=O) groups excluding carboxylic acids is 1. The van der Waals surface area contributed by atoms with Crippen LogP contribution in [0.1, 0.15) is 36.4 Å². The van der Waals surface area contributed by atoms with Crippen molar-refractivity contribution in [2.45, 2.75) is 43.8 Å². The standard InChI is InChI=1S/C15H21N3O/c16-11-8-14(17-9-11)15(19)18-13-7-3-5-10-4-1-2-6-12(10)13/h1-2,4,6,11,13-14,17H,3,5,7-9,16H2,(H,18,19)/t11-,13+,14-/m0/s1. The molecule has 0 radical (unpaired) electrons. The minimum absolute atomic E-state index is 0.0923. The summed E-state index contributed by atoms with van der Waals surface area (Å²) < 4.78 is 0. The van der Waals surface area contributed by atoms with Gasteiger partial charge in [-0.25, -0.2) is 0 Å². The number of aryl methyl sites for hydroxylation is 1. The first-order valence-corrected chi connectivity index (χ1v) is 7.11. The summed E-state index contributed by atoms with van der Waals surface area (Å²) in [5, 5.41) is 6.36. The third-order valence-corrected chi connectivity index (χ3v) is 4.17. The lowest BCUT2D eigenvalue weighted by Gasteiger charge is -2.27. The molecule has 2 aliphatic rings. The molecule has 0 aromatic heterocycles. The summed E-state index contributed by atoms with van der Waals surface area (Å²) in [6, 6.07) is 8.56. The van der Waals surface area contributed by atoms with E-state index < -0.39 is 0 Å². The van der Waals surface area contributed by atoms with E-state index in [9.17, 15) is 4.79 Å². The zero-order valence-electron chi connectivity index (χ0n) is 11.1. The second-order valence-corrected chi connectivity index (χ2v) is 5.61. The van der Waals surface area contributed by atoms with Crippen LogP contribution in [0.3, 0.4) is 0 Å². The average Bonchev–Trinajstić information content (AvgIpc) is 2.86. The van der Waals surface area contributed by atoms with Crippen LogP contribution < -0.4 is 16.4 Å². The van der Waals surface area contributed by atoms with E-state index in [4.69, 9.17) is 5.73 Å². The maximum atomic E-state index is 12.2. The van der Waals surface area contributed by atoms with Gasteiger partial charge in [0.1, 0.15) is 0 Å². The molecule has 0 saturated carbocycles. The summed E-state index contributed by atoms with van der Waals surface area (Å²) in [7, 11) is 0. The molecular formula is C15H21N3O. The van der Waals surface area contributed by atoms with E-state index in [2.05, 4.69) is 28.8 Å². The van der Waals surface area contributed by atoms with Gasteiger partial charge in [0.2, 0.25) is 5.91 Å². The molecule has 0 spiro atoms. The van der Waals surface area contributed by atoms with E-state index in [1.54, 1.807) is 0 Å². The third-order valence-electron chi connectivity index (χ3n) is 4.17. The molecule has 1 aliphatic heterocycles. The Balaban J connectivity index is 1.69. The largest absolute Gasteiger partial charge is 0.348 e. The summed E-state index contributed by atoms with van der Waals surface area (Å²) in [4.78, 5) is 12.2. The Bertz CT molecular complexity index is 474. The van der Waals surface area contributed by atoms with Gasteiger partial charge in [-0.1, -0.05) is 24.3 Å². The fourth-order valence-corrected chi connectivity index (χ4v) is 3.14. The zero-order chi connectivity index (χ0) is 13.2. The number of hydrogen-bond acceptors (Lipinski definition) is 3. The summed E-state index contributed by atoms with van der Waals surface area (Å²) in [6.45, 7) is 0.735. The van der Waals surface area contributed by atoms with Gasteiger partial charge in [0, 0.05) is 12.6 Å². The molecule has 1 fully saturated rings. The summed E-state index contributed by atoms with van der Waals surface area (Å²) in [6.07, 6.45) is 4.02. The Morgan fingerprint density at radius 2 is 2.21 bits per heavy atom. The predicted molar refractivity (Wildman–Crippen MR) is 74.6 cm³/mol. The molecule has 3 rings (SSSR count). The molecule has 1 amide bonds. The zero-order valence-corrected chi connectivity index (χ0v) is 11.1. The number of hydrogen-bond donors (Lipinski definition) is 3. The fourth-order valence-electron chi connectivity index (χ4n) is 3.14. The average molecular weight is 259 g/mol. The number of nitrogens with one attached hydrogen (secondary N) is 2. The smallest absolute Gasteiger partial charge is 0.237 e. The van der Waals surface area contributed by atoms with Crippen molar-refractivity contribution in [3.63, 3.8) is 0 Å². The van der Waals surface area contributed by atoms with Crippen LogP contribution in [0, 0.1) is 0 Å². The Hall–Kier alpha value is -1.39. The van der Waals surface area contributed by atoms with E-state index >= 15 is 0 Å². The molecule has 0 bridgehead atoms. The molecule has 3 atom stereocenters. The Morgan fingerprint density at radius 3 is 3.00 bits per heavy atom. The number of nitrogens with two attached hydrogens (primary N) is 1. The van der Waals surface area contributed by atoms with Crippen molar-refractivity contribution in [2.75, 3.05) is 6.54 Å². The molecule has 1 aromatic carbocycles.